The van der Waals surface area contributed by atoms with Crippen LogP contribution in [0.5, 0.6) is 0 Å². The Morgan fingerprint density at radius 2 is 2.29 bits per heavy atom. The molecule has 0 aliphatic heterocycles. The molecule has 0 heteroatoms. The molecule has 0 nitrogen and oxygen atoms in total. The van der Waals surface area contributed by atoms with Crippen LogP contribution in [0.1, 0.15) is 26.7 Å². The van der Waals surface area contributed by atoms with Gasteiger partial charge in [-0.2, -0.15) is 0 Å². The lowest BCUT2D eigenvalue weighted by Crippen LogP contribution is -1.68. The molecule has 0 aromatic heterocycles. The SMILES string of the molecule is C=C=C(C)CCC. The van der Waals surface area contributed by atoms with Crippen LogP contribution in [0, 0.1) is 0 Å². The van der Waals surface area contributed by atoms with Crippen LogP contribution >= 0.6 is 0 Å². The van der Waals surface area contributed by atoms with Crippen molar-refractivity contribution in [2.24, 2.45) is 0 Å². The van der Waals surface area contributed by atoms with Crippen LogP contribution in [0.15, 0.2) is 17.9 Å². The Kier molecular flexibility index (Phi) is 3.45. The zero-order chi connectivity index (χ0) is 5.70. The lowest BCUT2D eigenvalue weighted by atomic mass is 10.2. The van der Waals surface area contributed by atoms with Gasteiger partial charge < -0.3 is 0 Å². The van der Waals surface area contributed by atoms with E-state index < -0.39 is 0 Å². The third-order valence-corrected chi connectivity index (χ3v) is 0.927. The van der Waals surface area contributed by atoms with Crippen molar-refractivity contribution in [3.05, 3.63) is 17.9 Å². The molecule has 0 radical (unpaired) electrons. The van der Waals surface area contributed by atoms with Gasteiger partial charge in [-0.1, -0.05) is 19.9 Å². The first-order chi connectivity index (χ1) is 3.31. The highest BCUT2D eigenvalue weighted by molar-refractivity contribution is 4.92. The molecule has 0 spiro atoms. The van der Waals surface area contributed by atoms with Gasteiger partial charge in [0.2, 0.25) is 0 Å². The molecule has 0 unspecified atom stereocenters. The van der Waals surface area contributed by atoms with Gasteiger partial charge in [-0.3, -0.25) is 0 Å². The van der Waals surface area contributed by atoms with E-state index in [0.29, 0.717) is 0 Å². The molecule has 0 saturated carbocycles. The van der Waals surface area contributed by atoms with Gasteiger partial charge >= 0.3 is 0 Å². The smallest absolute Gasteiger partial charge is 0.0250 e. The Morgan fingerprint density at radius 1 is 1.71 bits per heavy atom. The monoisotopic (exact) mass is 96.1 g/mol. The van der Waals surface area contributed by atoms with E-state index >= 15 is 0 Å². The van der Waals surface area contributed by atoms with Crippen molar-refractivity contribution >= 4 is 0 Å². The third-order valence-electron chi connectivity index (χ3n) is 0.927. The van der Waals surface area contributed by atoms with Crippen molar-refractivity contribution in [3.63, 3.8) is 0 Å². The van der Waals surface area contributed by atoms with Crippen molar-refractivity contribution in [1.29, 1.82) is 0 Å². The molecule has 0 heterocycles. The quantitative estimate of drug-likeness (QED) is 0.463. The summed E-state index contributed by atoms with van der Waals surface area (Å²) >= 11 is 0. The molecule has 0 aliphatic rings. The highest BCUT2D eigenvalue weighted by atomic mass is 13.8. The molecular weight excluding hydrogens is 84.1 g/mol. The molecular formula is C7H12. The van der Waals surface area contributed by atoms with Gasteiger partial charge in [0.1, 0.15) is 0 Å². The van der Waals surface area contributed by atoms with Crippen molar-refractivity contribution < 1.29 is 0 Å². The summed E-state index contributed by atoms with van der Waals surface area (Å²) in [5.41, 5.74) is 4.10. The second-order valence-electron chi connectivity index (χ2n) is 1.71. The third kappa shape index (κ3) is 3.35. The summed E-state index contributed by atoms with van der Waals surface area (Å²) in [6.07, 6.45) is 2.35. The van der Waals surface area contributed by atoms with E-state index in [1.165, 1.54) is 12.0 Å². The van der Waals surface area contributed by atoms with Crippen LogP contribution in [-0.2, 0) is 0 Å². The molecule has 0 bridgehead atoms. The highest BCUT2D eigenvalue weighted by Gasteiger charge is 1.79. The predicted octanol–water partition coefficient (Wildman–Crippen LogP) is 2.52. The topological polar surface area (TPSA) is 0 Å². The summed E-state index contributed by atoms with van der Waals surface area (Å²) in [5.74, 6) is 0. The summed E-state index contributed by atoms with van der Waals surface area (Å²) in [5, 5.41) is 0. The van der Waals surface area contributed by atoms with Crippen molar-refractivity contribution in [2.45, 2.75) is 26.7 Å². The number of allylic oxidation sites excluding steroid dienone is 1. The van der Waals surface area contributed by atoms with Gasteiger partial charge in [0.15, 0.2) is 0 Å². The van der Waals surface area contributed by atoms with Gasteiger partial charge in [0.25, 0.3) is 0 Å². The zero-order valence-corrected chi connectivity index (χ0v) is 5.12. The molecule has 0 saturated heterocycles. The van der Waals surface area contributed by atoms with E-state index in [2.05, 4.69) is 26.2 Å². The molecule has 0 aromatic carbocycles. The minimum Gasteiger partial charge on any atom is -0.130 e. The maximum Gasteiger partial charge on any atom is -0.0250 e. The fraction of sp³-hybridized carbons (Fsp3) is 0.571. The van der Waals surface area contributed by atoms with Crippen LogP contribution in [0.25, 0.3) is 0 Å². The van der Waals surface area contributed by atoms with Gasteiger partial charge in [0.05, 0.1) is 0 Å². The fourth-order valence-electron chi connectivity index (χ4n) is 0.463. The standard InChI is InChI=1S/C7H12/c1-4-6-7(3)5-2/h2,4,6H2,1,3H3. The Morgan fingerprint density at radius 3 is 2.43 bits per heavy atom. The lowest BCUT2D eigenvalue weighted by Gasteiger charge is -1.87. The van der Waals surface area contributed by atoms with Gasteiger partial charge in [-0.15, -0.1) is 5.73 Å². The maximum absolute atomic E-state index is 3.52. The second kappa shape index (κ2) is 3.70. The maximum atomic E-state index is 3.52. The minimum atomic E-state index is 1.14. The van der Waals surface area contributed by atoms with E-state index in [4.69, 9.17) is 0 Å². The first kappa shape index (κ1) is 6.52. The summed E-state index contributed by atoms with van der Waals surface area (Å²) in [6.45, 7) is 7.72. The van der Waals surface area contributed by atoms with Gasteiger partial charge in [-0.05, 0) is 18.9 Å². The Balaban J connectivity index is 3.37. The average molecular weight is 96.2 g/mol. The summed E-state index contributed by atoms with van der Waals surface area (Å²) in [4.78, 5) is 0. The highest BCUT2D eigenvalue weighted by Crippen LogP contribution is 1.98. The zero-order valence-electron chi connectivity index (χ0n) is 5.12. The minimum absolute atomic E-state index is 1.14. The molecule has 40 valence electrons. The molecule has 0 N–H and O–H groups in total. The number of rotatable bonds is 2. The predicted molar refractivity (Wildman–Crippen MR) is 33.2 cm³/mol. The normalized spacial score (nSPS) is 7.71. The average Bonchev–Trinajstić information content (AvgIpc) is 1.68. The van der Waals surface area contributed by atoms with Gasteiger partial charge in [-0.25, -0.2) is 0 Å². The molecule has 0 aliphatic carbocycles. The second-order valence-corrected chi connectivity index (χ2v) is 1.71. The summed E-state index contributed by atoms with van der Waals surface area (Å²) < 4.78 is 0. The van der Waals surface area contributed by atoms with Crippen molar-refractivity contribution in [1.82, 2.24) is 0 Å². The van der Waals surface area contributed by atoms with E-state index in [0.717, 1.165) is 6.42 Å². The molecule has 0 rings (SSSR count). The molecule has 0 aromatic rings. The van der Waals surface area contributed by atoms with Crippen molar-refractivity contribution in [2.75, 3.05) is 0 Å². The van der Waals surface area contributed by atoms with Crippen LogP contribution in [0.2, 0.25) is 0 Å². The summed E-state index contributed by atoms with van der Waals surface area (Å²) in [6, 6.07) is 0. The Hall–Kier alpha value is -0.480. The Labute approximate surface area is 45.5 Å². The molecule has 7 heavy (non-hydrogen) atoms. The van der Waals surface area contributed by atoms with E-state index in [1.807, 2.05) is 0 Å². The van der Waals surface area contributed by atoms with E-state index in [9.17, 15) is 0 Å². The van der Waals surface area contributed by atoms with Crippen LogP contribution < -0.4 is 0 Å². The largest absolute Gasteiger partial charge is 0.130 e. The summed E-state index contributed by atoms with van der Waals surface area (Å²) in [7, 11) is 0. The Bertz CT molecular complexity index is 84.2. The first-order valence-corrected chi connectivity index (χ1v) is 2.66. The number of hydrogen-bond acceptors (Lipinski definition) is 0. The first-order valence-electron chi connectivity index (χ1n) is 2.66. The number of hydrogen-bond donors (Lipinski definition) is 0. The van der Waals surface area contributed by atoms with E-state index in [-0.39, 0.29) is 0 Å². The lowest BCUT2D eigenvalue weighted by molar-refractivity contribution is 0.908. The molecule has 0 fully saturated rings. The molecule has 0 atom stereocenters. The van der Waals surface area contributed by atoms with Crippen LogP contribution in [0.4, 0.5) is 0 Å². The van der Waals surface area contributed by atoms with Crippen LogP contribution in [0.3, 0.4) is 0 Å². The fourth-order valence-corrected chi connectivity index (χ4v) is 0.463. The van der Waals surface area contributed by atoms with Crippen molar-refractivity contribution in [3.8, 4) is 0 Å². The molecule has 0 amide bonds. The van der Waals surface area contributed by atoms with Crippen LogP contribution in [-0.4, -0.2) is 0 Å². The van der Waals surface area contributed by atoms with Gasteiger partial charge in [0, 0.05) is 0 Å². The van der Waals surface area contributed by atoms with E-state index in [1.54, 1.807) is 0 Å².